The van der Waals surface area contributed by atoms with Gasteiger partial charge in [-0.1, -0.05) is 42.0 Å². The van der Waals surface area contributed by atoms with Gasteiger partial charge in [-0.15, -0.1) is 0 Å². The van der Waals surface area contributed by atoms with Crippen molar-refractivity contribution in [3.8, 4) is 0 Å². The van der Waals surface area contributed by atoms with E-state index in [1.54, 1.807) is 6.26 Å². The van der Waals surface area contributed by atoms with Gasteiger partial charge in [0.2, 0.25) is 0 Å². The van der Waals surface area contributed by atoms with E-state index in [9.17, 15) is 4.79 Å². The number of fused-ring (bicyclic) bond motifs is 1. The topological polar surface area (TPSA) is 47.2 Å². The molecule has 0 bridgehead atoms. The molecule has 4 nitrogen and oxygen atoms in total. The molecule has 2 aromatic heterocycles. The third-order valence-electron chi connectivity index (χ3n) is 4.86. The molecule has 1 N–H and O–H groups in total. The Morgan fingerprint density at radius 3 is 2.48 bits per heavy atom. The van der Waals surface area contributed by atoms with E-state index in [0.29, 0.717) is 17.8 Å². The van der Waals surface area contributed by atoms with Crippen LogP contribution in [0.25, 0.3) is 11.1 Å². The summed E-state index contributed by atoms with van der Waals surface area (Å²) in [4.78, 5) is 13.0. The summed E-state index contributed by atoms with van der Waals surface area (Å²) in [6.07, 6.45) is 1.66. The van der Waals surface area contributed by atoms with Crippen LogP contribution in [0.3, 0.4) is 0 Å². The molecule has 4 heteroatoms. The van der Waals surface area contributed by atoms with Crippen molar-refractivity contribution in [2.45, 2.75) is 27.3 Å². The normalized spacial score (nSPS) is 11.1. The molecule has 2 heterocycles. The monoisotopic (exact) mass is 358 g/mol. The van der Waals surface area contributed by atoms with Crippen LogP contribution in [0.5, 0.6) is 0 Å². The molecule has 136 valence electrons. The highest BCUT2D eigenvalue weighted by molar-refractivity contribution is 6.06. The number of amides is 1. The number of aryl methyl sites for hydroxylation is 3. The van der Waals surface area contributed by atoms with Gasteiger partial charge in [0.1, 0.15) is 5.69 Å². The van der Waals surface area contributed by atoms with Crippen molar-refractivity contribution in [3.05, 3.63) is 88.8 Å². The average molecular weight is 358 g/mol. The molecular weight excluding hydrogens is 336 g/mol. The van der Waals surface area contributed by atoms with Crippen LogP contribution in [0.4, 0.5) is 5.69 Å². The molecule has 0 aliphatic heterocycles. The van der Waals surface area contributed by atoms with Crippen molar-refractivity contribution in [1.82, 2.24) is 4.57 Å². The highest BCUT2D eigenvalue weighted by Gasteiger charge is 2.18. The number of hydrogen-bond donors (Lipinski definition) is 1. The van der Waals surface area contributed by atoms with E-state index >= 15 is 0 Å². The fourth-order valence-electron chi connectivity index (χ4n) is 3.27. The Kier molecular flexibility index (Phi) is 4.32. The number of rotatable bonds is 4. The molecule has 0 fully saturated rings. The maximum Gasteiger partial charge on any atom is 0.272 e. The van der Waals surface area contributed by atoms with Crippen LogP contribution in [0.2, 0.25) is 0 Å². The summed E-state index contributed by atoms with van der Waals surface area (Å²) in [6, 6.07) is 18.1. The van der Waals surface area contributed by atoms with Crippen molar-refractivity contribution in [1.29, 1.82) is 0 Å². The Bertz CT molecular complexity index is 1120. The minimum atomic E-state index is -0.137. The van der Waals surface area contributed by atoms with Gasteiger partial charge < -0.3 is 14.3 Å². The van der Waals surface area contributed by atoms with Crippen LogP contribution < -0.4 is 5.32 Å². The predicted octanol–water partition coefficient (Wildman–Crippen LogP) is 5.46. The van der Waals surface area contributed by atoms with E-state index in [2.05, 4.69) is 36.5 Å². The van der Waals surface area contributed by atoms with Crippen molar-refractivity contribution < 1.29 is 9.21 Å². The smallest absolute Gasteiger partial charge is 0.272 e. The van der Waals surface area contributed by atoms with Crippen LogP contribution in [-0.4, -0.2) is 10.5 Å². The third-order valence-corrected chi connectivity index (χ3v) is 4.86. The number of benzene rings is 2. The SMILES string of the molecule is Cc1ccc(Cn2c(C(=O)Nc3cc(C)ccc3C)cc3occc32)cc1. The second-order valence-corrected chi connectivity index (χ2v) is 7.04. The zero-order valence-electron chi connectivity index (χ0n) is 15.7. The van der Waals surface area contributed by atoms with Gasteiger partial charge in [-0.3, -0.25) is 4.79 Å². The maximum atomic E-state index is 13.0. The first-order valence-corrected chi connectivity index (χ1v) is 9.02. The Balaban J connectivity index is 1.70. The lowest BCUT2D eigenvalue weighted by molar-refractivity contribution is 0.101. The third kappa shape index (κ3) is 3.38. The molecule has 4 rings (SSSR count). The minimum Gasteiger partial charge on any atom is -0.463 e. The largest absolute Gasteiger partial charge is 0.463 e. The number of nitrogens with zero attached hydrogens (tertiary/aromatic N) is 1. The van der Waals surface area contributed by atoms with Crippen LogP contribution in [0, 0.1) is 20.8 Å². The van der Waals surface area contributed by atoms with Crippen LogP contribution in [0.15, 0.2) is 65.3 Å². The zero-order valence-corrected chi connectivity index (χ0v) is 15.7. The van der Waals surface area contributed by atoms with Gasteiger partial charge in [0, 0.05) is 24.4 Å². The average Bonchev–Trinajstić information content (AvgIpc) is 3.22. The number of hydrogen-bond acceptors (Lipinski definition) is 2. The van der Waals surface area contributed by atoms with Crippen molar-refractivity contribution in [2.24, 2.45) is 0 Å². The number of aromatic nitrogens is 1. The summed E-state index contributed by atoms with van der Waals surface area (Å²) in [5.41, 5.74) is 7.56. The quantitative estimate of drug-likeness (QED) is 0.526. The second-order valence-electron chi connectivity index (χ2n) is 7.04. The first kappa shape index (κ1) is 17.2. The van der Waals surface area contributed by atoms with Crippen LogP contribution in [-0.2, 0) is 6.54 Å². The molecule has 0 unspecified atom stereocenters. The van der Waals surface area contributed by atoms with Gasteiger partial charge >= 0.3 is 0 Å². The summed E-state index contributed by atoms with van der Waals surface area (Å²) in [6.45, 7) is 6.68. The predicted molar refractivity (Wildman–Crippen MR) is 108 cm³/mol. The molecule has 27 heavy (non-hydrogen) atoms. The Morgan fingerprint density at radius 1 is 0.963 bits per heavy atom. The molecule has 1 amide bonds. The van der Waals surface area contributed by atoms with Gasteiger partial charge in [-0.05, 0) is 43.5 Å². The van der Waals surface area contributed by atoms with Crippen molar-refractivity contribution in [3.63, 3.8) is 0 Å². The van der Waals surface area contributed by atoms with Gasteiger partial charge in [-0.25, -0.2) is 0 Å². The summed E-state index contributed by atoms with van der Waals surface area (Å²) >= 11 is 0. The van der Waals surface area contributed by atoms with Crippen LogP contribution in [0.1, 0.15) is 32.7 Å². The summed E-state index contributed by atoms with van der Waals surface area (Å²) in [5, 5.41) is 3.05. The lowest BCUT2D eigenvalue weighted by Crippen LogP contribution is -2.18. The molecular formula is C23H22N2O2. The Hall–Kier alpha value is -3.27. The molecule has 0 saturated carbocycles. The first-order chi connectivity index (χ1) is 13.0. The van der Waals surface area contributed by atoms with E-state index in [1.807, 2.05) is 48.7 Å². The van der Waals surface area contributed by atoms with Crippen LogP contribution >= 0.6 is 0 Å². The lowest BCUT2D eigenvalue weighted by Gasteiger charge is -2.13. The lowest BCUT2D eigenvalue weighted by atomic mass is 10.1. The highest BCUT2D eigenvalue weighted by Crippen LogP contribution is 2.24. The maximum absolute atomic E-state index is 13.0. The highest BCUT2D eigenvalue weighted by atomic mass is 16.3. The van der Waals surface area contributed by atoms with Gasteiger partial charge in [0.25, 0.3) is 5.91 Å². The molecule has 0 spiro atoms. The Labute approximate surface area is 158 Å². The van der Waals surface area contributed by atoms with Gasteiger partial charge in [-0.2, -0.15) is 0 Å². The molecule has 0 radical (unpaired) electrons. The van der Waals surface area contributed by atoms with Crippen molar-refractivity contribution >= 4 is 22.7 Å². The molecule has 0 aliphatic rings. The number of carbonyl (C=O) groups is 1. The molecule has 0 aliphatic carbocycles. The first-order valence-electron chi connectivity index (χ1n) is 9.02. The van der Waals surface area contributed by atoms with E-state index in [1.165, 1.54) is 5.56 Å². The fraction of sp³-hybridized carbons (Fsp3) is 0.174. The van der Waals surface area contributed by atoms with Crippen molar-refractivity contribution in [2.75, 3.05) is 5.32 Å². The van der Waals surface area contributed by atoms with E-state index < -0.39 is 0 Å². The molecule has 0 atom stereocenters. The number of furan rings is 1. The Morgan fingerprint density at radius 2 is 1.70 bits per heavy atom. The number of carbonyl (C=O) groups excluding carboxylic acids is 1. The van der Waals surface area contributed by atoms with Gasteiger partial charge in [0.15, 0.2) is 5.58 Å². The number of nitrogens with one attached hydrogen (secondary N) is 1. The van der Waals surface area contributed by atoms with E-state index in [4.69, 9.17) is 4.42 Å². The number of anilines is 1. The minimum absolute atomic E-state index is 0.137. The second kappa shape index (κ2) is 6.80. The van der Waals surface area contributed by atoms with Gasteiger partial charge in [0.05, 0.1) is 11.8 Å². The van der Waals surface area contributed by atoms with E-state index in [-0.39, 0.29) is 5.91 Å². The summed E-state index contributed by atoms with van der Waals surface area (Å²) in [7, 11) is 0. The molecule has 4 aromatic rings. The van der Waals surface area contributed by atoms with E-state index in [0.717, 1.165) is 27.9 Å². The summed E-state index contributed by atoms with van der Waals surface area (Å²) in [5.74, 6) is -0.137. The molecule has 0 saturated heterocycles. The standard InChI is InChI=1S/C23H22N2O2/c1-15-5-8-18(9-6-15)14-25-20-10-11-27-22(20)13-21(25)23(26)24-19-12-16(2)4-7-17(19)3/h4-13H,14H2,1-3H3,(H,24,26). The molecule has 2 aromatic carbocycles. The fourth-order valence-corrected chi connectivity index (χ4v) is 3.27. The zero-order chi connectivity index (χ0) is 19.0. The summed E-state index contributed by atoms with van der Waals surface area (Å²) < 4.78 is 7.54.